The summed E-state index contributed by atoms with van der Waals surface area (Å²) in [5.41, 5.74) is 1.84. The Balaban J connectivity index is 1.80. The van der Waals surface area contributed by atoms with Crippen molar-refractivity contribution >= 4 is 10.0 Å². The lowest BCUT2D eigenvalue weighted by Crippen LogP contribution is -2.31. The van der Waals surface area contributed by atoms with Crippen molar-refractivity contribution < 1.29 is 12.8 Å². The number of benzene rings is 3. The van der Waals surface area contributed by atoms with Gasteiger partial charge in [-0.15, -0.1) is 0 Å². The molecule has 1 atom stereocenters. The molecule has 152 valence electrons. The highest BCUT2D eigenvalue weighted by Crippen LogP contribution is 2.30. The van der Waals surface area contributed by atoms with Crippen LogP contribution in [-0.2, 0) is 17.1 Å². The maximum absolute atomic E-state index is 13.9. The van der Waals surface area contributed by atoms with Crippen LogP contribution in [0.2, 0.25) is 0 Å². The van der Waals surface area contributed by atoms with Crippen LogP contribution in [0.5, 0.6) is 0 Å². The Morgan fingerprint density at radius 1 is 0.967 bits per heavy atom. The van der Waals surface area contributed by atoms with Crippen molar-refractivity contribution in [2.24, 2.45) is 7.05 Å². The normalized spacial score (nSPS) is 12.6. The fourth-order valence-corrected chi connectivity index (χ4v) is 4.80. The molecule has 5 nitrogen and oxygen atoms in total. The molecule has 0 spiro atoms. The zero-order chi connectivity index (χ0) is 21.1. The van der Waals surface area contributed by atoms with Crippen LogP contribution in [0.15, 0.2) is 96.2 Å². The van der Waals surface area contributed by atoms with E-state index < -0.39 is 21.9 Å². The van der Waals surface area contributed by atoms with E-state index in [4.69, 9.17) is 0 Å². The average Bonchev–Trinajstić information content (AvgIpc) is 3.18. The minimum Gasteiger partial charge on any atom is -0.336 e. The Hall–Kier alpha value is -3.29. The van der Waals surface area contributed by atoms with Gasteiger partial charge in [0.1, 0.15) is 17.7 Å². The van der Waals surface area contributed by atoms with E-state index in [0.717, 1.165) is 5.56 Å². The molecule has 0 fully saturated rings. The van der Waals surface area contributed by atoms with Crippen LogP contribution in [0.25, 0.3) is 11.1 Å². The molecule has 0 aliphatic carbocycles. The third kappa shape index (κ3) is 4.03. The van der Waals surface area contributed by atoms with Gasteiger partial charge >= 0.3 is 0 Å². The molecule has 7 heteroatoms. The van der Waals surface area contributed by atoms with Crippen molar-refractivity contribution in [3.8, 4) is 11.1 Å². The van der Waals surface area contributed by atoms with Crippen molar-refractivity contribution in [2.75, 3.05) is 0 Å². The number of nitrogens with zero attached hydrogens (tertiary/aromatic N) is 2. The second kappa shape index (κ2) is 8.22. The van der Waals surface area contributed by atoms with E-state index in [2.05, 4.69) is 9.71 Å². The maximum atomic E-state index is 13.9. The van der Waals surface area contributed by atoms with Crippen molar-refractivity contribution in [2.45, 2.75) is 10.9 Å². The number of nitrogens with one attached hydrogen (secondary N) is 1. The van der Waals surface area contributed by atoms with Crippen LogP contribution in [0.4, 0.5) is 4.39 Å². The van der Waals surface area contributed by atoms with Gasteiger partial charge in [0.05, 0.1) is 4.90 Å². The quantitative estimate of drug-likeness (QED) is 0.505. The monoisotopic (exact) mass is 421 g/mol. The Morgan fingerprint density at radius 2 is 1.70 bits per heavy atom. The lowest BCUT2D eigenvalue weighted by molar-refractivity contribution is 0.560. The SMILES string of the molecule is Cn1ccnc1C(NS(=O)(=O)c1ccccc1-c1ccccc1)c1cccc(F)c1. The zero-order valence-electron chi connectivity index (χ0n) is 16.2. The van der Waals surface area contributed by atoms with Gasteiger partial charge in [-0.3, -0.25) is 0 Å². The van der Waals surface area contributed by atoms with Gasteiger partial charge in [0, 0.05) is 25.0 Å². The van der Waals surface area contributed by atoms with Gasteiger partial charge in [-0.25, -0.2) is 17.8 Å². The van der Waals surface area contributed by atoms with Crippen molar-refractivity contribution in [1.82, 2.24) is 14.3 Å². The lowest BCUT2D eigenvalue weighted by Gasteiger charge is -2.20. The first kappa shape index (κ1) is 20.0. The van der Waals surface area contributed by atoms with E-state index >= 15 is 0 Å². The first-order valence-corrected chi connectivity index (χ1v) is 10.8. The number of rotatable bonds is 6. The van der Waals surface area contributed by atoms with E-state index in [0.29, 0.717) is 17.0 Å². The van der Waals surface area contributed by atoms with Crippen molar-refractivity contribution in [1.29, 1.82) is 0 Å². The summed E-state index contributed by atoms with van der Waals surface area (Å²) in [7, 11) is -2.20. The second-order valence-corrected chi connectivity index (χ2v) is 8.55. The molecule has 0 radical (unpaired) electrons. The minimum atomic E-state index is -3.97. The summed E-state index contributed by atoms with van der Waals surface area (Å²) in [5, 5.41) is 0. The zero-order valence-corrected chi connectivity index (χ0v) is 17.1. The molecule has 0 aliphatic heterocycles. The molecule has 30 heavy (non-hydrogen) atoms. The van der Waals surface area contributed by atoms with Crippen molar-refractivity contribution in [3.05, 3.63) is 108 Å². The van der Waals surface area contributed by atoms with Gasteiger partial charge in [-0.05, 0) is 29.3 Å². The summed E-state index contributed by atoms with van der Waals surface area (Å²) >= 11 is 0. The number of aromatic nitrogens is 2. The minimum absolute atomic E-state index is 0.145. The molecule has 4 aromatic rings. The highest BCUT2D eigenvalue weighted by atomic mass is 32.2. The van der Waals surface area contributed by atoms with E-state index in [9.17, 15) is 12.8 Å². The Kier molecular flexibility index (Phi) is 5.48. The molecule has 0 bridgehead atoms. The first-order chi connectivity index (χ1) is 14.5. The topological polar surface area (TPSA) is 64.0 Å². The second-order valence-electron chi connectivity index (χ2n) is 6.87. The molecular weight excluding hydrogens is 401 g/mol. The molecule has 1 unspecified atom stereocenters. The van der Waals surface area contributed by atoms with E-state index in [1.165, 1.54) is 12.1 Å². The fourth-order valence-electron chi connectivity index (χ4n) is 3.39. The van der Waals surface area contributed by atoms with Crippen LogP contribution >= 0.6 is 0 Å². The predicted molar refractivity (Wildman–Crippen MR) is 114 cm³/mol. The average molecular weight is 421 g/mol. The van der Waals surface area contributed by atoms with Crippen LogP contribution < -0.4 is 4.72 Å². The molecule has 0 amide bonds. The standard InChI is InChI=1S/C23H20FN3O2S/c1-27-15-14-25-23(27)22(18-10-7-11-19(24)16-18)26-30(28,29)21-13-6-5-12-20(21)17-8-3-2-4-9-17/h2-16,22,26H,1H3. The van der Waals surface area contributed by atoms with Crippen LogP contribution in [-0.4, -0.2) is 18.0 Å². The highest BCUT2D eigenvalue weighted by molar-refractivity contribution is 7.89. The number of halogens is 1. The number of sulfonamides is 1. The van der Waals surface area contributed by atoms with E-state index in [1.54, 1.807) is 60.4 Å². The number of hydrogen-bond acceptors (Lipinski definition) is 3. The molecule has 1 N–H and O–H groups in total. The van der Waals surface area contributed by atoms with Crippen LogP contribution in [0.1, 0.15) is 17.4 Å². The highest BCUT2D eigenvalue weighted by Gasteiger charge is 2.27. The van der Waals surface area contributed by atoms with Gasteiger partial charge in [-0.2, -0.15) is 4.72 Å². The van der Waals surface area contributed by atoms with Gasteiger partial charge in [-0.1, -0.05) is 60.7 Å². The predicted octanol–water partition coefficient (Wildman–Crippen LogP) is 4.29. The van der Waals surface area contributed by atoms with Gasteiger partial charge in [0.25, 0.3) is 0 Å². The number of aryl methyl sites for hydroxylation is 1. The molecule has 1 heterocycles. The summed E-state index contributed by atoms with van der Waals surface area (Å²) in [5.74, 6) is 0.0111. The van der Waals surface area contributed by atoms with Crippen LogP contribution in [0, 0.1) is 5.82 Å². The fraction of sp³-hybridized carbons (Fsp3) is 0.0870. The number of hydrogen-bond donors (Lipinski definition) is 1. The van der Waals surface area contributed by atoms with Crippen LogP contribution in [0.3, 0.4) is 0 Å². The summed E-state index contributed by atoms with van der Waals surface area (Å²) in [6.07, 6.45) is 3.29. The molecule has 0 aliphatic rings. The van der Waals surface area contributed by atoms with Gasteiger partial charge in [0.15, 0.2) is 0 Å². The summed E-state index contributed by atoms with van der Waals surface area (Å²) in [6, 6.07) is 21.1. The van der Waals surface area contributed by atoms with E-state index in [1.807, 2.05) is 30.3 Å². The number of imidazole rings is 1. The molecular formula is C23H20FN3O2S. The van der Waals surface area contributed by atoms with E-state index in [-0.39, 0.29) is 4.90 Å². The molecule has 3 aromatic carbocycles. The first-order valence-electron chi connectivity index (χ1n) is 9.35. The lowest BCUT2D eigenvalue weighted by atomic mass is 10.1. The third-order valence-electron chi connectivity index (χ3n) is 4.83. The third-order valence-corrected chi connectivity index (χ3v) is 6.31. The van der Waals surface area contributed by atoms with Gasteiger partial charge in [0.2, 0.25) is 10.0 Å². The molecule has 0 saturated heterocycles. The smallest absolute Gasteiger partial charge is 0.242 e. The van der Waals surface area contributed by atoms with Gasteiger partial charge < -0.3 is 4.57 Å². The van der Waals surface area contributed by atoms with Crippen molar-refractivity contribution in [3.63, 3.8) is 0 Å². The summed E-state index contributed by atoms with van der Waals surface area (Å²) in [6.45, 7) is 0. The summed E-state index contributed by atoms with van der Waals surface area (Å²) in [4.78, 5) is 4.44. The molecule has 0 saturated carbocycles. The maximum Gasteiger partial charge on any atom is 0.242 e. The molecule has 1 aromatic heterocycles. The Bertz CT molecular complexity index is 1270. The Labute approximate surface area is 174 Å². The molecule has 4 rings (SSSR count). The largest absolute Gasteiger partial charge is 0.336 e. The summed E-state index contributed by atoms with van der Waals surface area (Å²) < 4.78 is 45.3. The Morgan fingerprint density at radius 3 is 2.40 bits per heavy atom.